The van der Waals surface area contributed by atoms with Crippen molar-refractivity contribution in [2.75, 3.05) is 25.0 Å². The predicted octanol–water partition coefficient (Wildman–Crippen LogP) is 2.58. The molecule has 0 saturated carbocycles. The van der Waals surface area contributed by atoms with E-state index in [0.29, 0.717) is 0 Å². The van der Waals surface area contributed by atoms with E-state index < -0.39 is 4.92 Å². The zero-order valence-corrected chi connectivity index (χ0v) is 10.7. The molecular formula is C11H16ClN3O2. The SMILES string of the molecule is CCNCCNc1cc(Cl)c([N+](=O)[O-])cc1C. The van der Waals surface area contributed by atoms with Gasteiger partial charge in [-0.05, 0) is 25.1 Å². The second kappa shape index (κ2) is 6.42. The fourth-order valence-electron chi connectivity index (χ4n) is 1.46. The zero-order valence-electron chi connectivity index (χ0n) is 9.92. The lowest BCUT2D eigenvalue weighted by Crippen LogP contribution is -2.21. The Morgan fingerprint density at radius 2 is 2.12 bits per heavy atom. The third-order valence-electron chi connectivity index (χ3n) is 2.36. The van der Waals surface area contributed by atoms with E-state index in [0.717, 1.165) is 30.9 Å². The minimum Gasteiger partial charge on any atom is -0.384 e. The molecule has 0 radical (unpaired) electrons. The number of hydrogen-bond donors (Lipinski definition) is 2. The van der Waals surface area contributed by atoms with E-state index in [1.807, 2.05) is 13.8 Å². The Kier molecular flexibility index (Phi) is 5.18. The van der Waals surface area contributed by atoms with Crippen molar-refractivity contribution in [2.45, 2.75) is 13.8 Å². The second-order valence-corrected chi connectivity index (χ2v) is 4.06. The third kappa shape index (κ3) is 3.87. The zero-order chi connectivity index (χ0) is 12.8. The van der Waals surface area contributed by atoms with Gasteiger partial charge < -0.3 is 10.6 Å². The average molecular weight is 258 g/mol. The highest BCUT2D eigenvalue weighted by Crippen LogP contribution is 2.30. The van der Waals surface area contributed by atoms with Crippen LogP contribution in [0.2, 0.25) is 5.02 Å². The van der Waals surface area contributed by atoms with Crippen LogP contribution in [0, 0.1) is 17.0 Å². The molecule has 1 rings (SSSR count). The molecule has 94 valence electrons. The van der Waals surface area contributed by atoms with E-state index in [9.17, 15) is 10.1 Å². The van der Waals surface area contributed by atoms with Crippen molar-refractivity contribution in [3.8, 4) is 0 Å². The minimum atomic E-state index is -0.474. The molecule has 5 nitrogen and oxygen atoms in total. The van der Waals surface area contributed by atoms with Crippen LogP contribution in [0.4, 0.5) is 11.4 Å². The molecular weight excluding hydrogens is 242 g/mol. The Labute approximate surface area is 105 Å². The Bertz CT molecular complexity index is 410. The number of likely N-dealkylation sites (N-methyl/N-ethyl adjacent to an activating group) is 1. The van der Waals surface area contributed by atoms with Crippen molar-refractivity contribution < 1.29 is 4.92 Å². The molecule has 0 fully saturated rings. The molecule has 0 aliphatic rings. The van der Waals surface area contributed by atoms with Crippen LogP contribution in [0.3, 0.4) is 0 Å². The maximum Gasteiger partial charge on any atom is 0.288 e. The van der Waals surface area contributed by atoms with E-state index in [-0.39, 0.29) is 10.7 Å². The summed E-state index contributed by atoms with van der Waals surface area (Å²) in [5.41, 5.74) is 1.59. The van der Waals surface area contributed by atoms with Gasteiger partial charge in [-0.25, -0.2) is 0 Å². The molecule has 0 saturated heterocycles. The fraction of sp³-hybridized carbons (Fsp3) is 0.455. The topological polar surface area (TPSA) is 67.2 Å². The molecule has 0 aliphatic heterocycles. The molecule has 17 heavy (non-hydrogen) atoms. The van der Waals surface area contributed by atoms with Crippen LogP contribution in [0.15, 0.2) is 12.1 Å². The Hall–Kier alpha value is -1.33. The third-order valence-corrected chi connectivity index (χ3v) is 2.66. The largest absolute Gasteiger partial charge is 0.384 e. The summed E-state index contributed by atoms with van der Waals surface area (Å²) < 4.78 is 0. The van der Waals surface area contributed by atoms with E-state index in [4.69, 9.17) is 11.6 Å². The van der Waals surface area contributed by atoms with Crippen molar-refractivity contribution >= 4 is 23.0 Å². The van der Waals surface area contributed by atoms with Gasteiger partial charge in [0, 0.05) is 24.8 Å². The number of nitro benzene ring substituents is 1. The lowest BCUT2D eigenvalue weighted by molar-refractivity contribution is -0.384. The summed E-state index contributed by atoms with van der Waals surface area (Å²) in [6.07, 6.45) is 0. The van der Waals surface area contributed by atoms with Gasteiger partial charge in [-0.1, -0.05) is 18.5 Å². The van der Waals surface area contributed by atoms with Crippen molar-refractivity contribution in [3.63, 3.8) is 0 Å². The molecule has 0 amide bonds. The van der Waals surface area contributed by atoms with Crippen LogP contribution in [-0.4, -0.2) is 24.6 Å². The van der Waals surface area contributed by atoms with E-state index in [2.05, 4.69) is 10.6 Å². The van der Waals surface area contributed by atoms with Crippen LogP contribution >= 0.6 is 11.6 Å². The molecule has 0 spiro atoms. The van der Waals surface area contributed by atoms with Gasteiger partial charge in [0.15, 0.2) is 0 Å². The number of hydrogen-bond acceptors (Lipinski definition) is 4. The first-order chi connectivity index (χ1) is 8.06. The summed E-state index contributed by atoms with van der Waals surface area (Å²) in [5.74, 6) is 0. The molecule has 0 aromatic heterocycles. The predicted molar refractivity (Wildman–Crippen MR) is 69.9 cm³/mol. The Morgan fingerprint density at radius 1 is 1.41 bits per heavy atom. The van der Waals surface area contributed by atoms with Gasteiger partial charge in [0.25, 0.3) is 5.69 Å². The molecule has 0 bridgehead atoms. The summed E-state index contributed by atoms with van der Waals surface area (Å²) in [4.78, 5) is 10.2. The number of anilines is 1. The smallest absolute Gasteiger partial charge is 0.288 e. The van der Waals surface area contributed by atoms with Crippen molar-refractivity contribution in [2.24, 2.45) is 0 Å². The van der Waals surface area contributed by atoms with Crippen LogP contribution in [0.1, 0.15) is 12.5 Å². The lowest BCUT2D eigenvalue weighted by Gasteiger charge is -2.10. The molecule has 0 atom stereocenters. The maximum absolute atomic E-state index is 10.7. The fourth-order valence-corrected chi connectivity index (χ4v) is 1.69. The number of rotatable bonds is 6. The highest BCUT2D eigenvalue weighted by Gasteiger charge is 2.14. The van der Waals surface area contributed by atoms with Crippen molar-refractivity contribution in [1.29, 1.82) is 0 Å². The standard InChI is InChI=1S/C11H16ClN3O2/c1-3-13-4-5-14-10-7-9(12)11(15(16)17)6-8(10)2/h6-7,13-14H,3-5H2,1-2H3. The monoisotopic (exact) mass is 257 g/mol. The summed E-state index contributed by atoms with van der Waals surface area (Å²) in [7, 11) is 0. The van der Waals surface area contributed by atoms with Gasteiger partial charge in [-0.2, -0.15) is 0 Å². The molecule has 0 heterocycles. The number of aryl methyl sites for hydroxylation is 1. The van der Waals surface area contributed by atoms with Gasteiger partial charge in [0.1, 0.15) is 5.02 Å². The maximum atomic E-state index is 10.7. The van der Waals surface area contributed by atoms with Gasteiger partial charge >= 0.3 is 0 Å². The summed E-state index contributed by atoms with van der Waals surface area (Å²) >= 11 is 5.84. The average Bonchev–Trinajstić information content (AvgIpc) is 2.28. The van der Waals surface area contributed by atoms with Gasteiger partial charge in [0.05, 0.1) is 4.92 Å². The Morgan fingerprint density at radius 3 is 2.71 bits per heavy atom. The Balaban J connectivity index is 2.74. The molecule has 1 aromatic carbocycles. The highest BCUT2D eigenvalue weighted by molar-refractivity contribution is 6.33. The molecule has 0 unspecified atom stereocenters. The summed E-state index contributed by atoms with van der Waals surface area (Å²) in [5, 5.41) is 17.2. The number of nitrogens with zero attached hydrogens (tertiary/aromatic N) is 1. The van der Waals surface area contributed by atoms with E-state index >= 15 is 0 Å². The first kappa shape index (κ1) is 13.7. The van der Waals surface area contributed by atoms with E-state index in [1.54, 1.807) is 6.07 Å². The van der Waals surface area contributed by atoms with Crippen LogP contribution in [0.5, 0.6) is 0 Å². The molecule has 6 heteroatoms. The molecule has 1 aromatic rings. The normalized spacial score (nSPS) is 10.3. The molecule has 2 N–H and O–H groups in total. The quantitative estimate of drug-likeness (QED) is 0.467. The first-order valence-electron chi connectivity index (χ1n) is 5.45. The van der Waals surface area contributed by atoms with E-state index in [1.165, 1.54) is 6.07 Å². The molecule has 0 aliphatic carbocycles. The lowest BCUT2D eigenvalue weighted by atomic mass is 10.2. The van der Waals surface area contributed by atoms with Gasteiger partial charge in [-0.15, -0.1) is 0 Å². The first-order valence-corrected chi connectivity index (χ1v) is 5.83. The number of halogens is 1. The van der Waals surface area contributed by atoms with Crippen LogP contribution < -0.4 is 10.6 Å². The summed E-state index contributed by atoms with van der Waals surface area (Å²) in [6, 6.07) is 3.08. The summed E-state index contributed by atoms with van der Waals surface area (Å²) in [6.45, 7) is 6.36. The number of nitrogens with one attached hydrogen (secondary N) is 2. The van der Waals surface area contributed by atoms with Gasteiger partial charge in [0.2, 0.25) is 0 Å². The number of benzene rings is 1. The second-order valence-electron chi connectivity index (χ2n) is 3.66. The number of nitro groups is 1. The van der Waals surface area contributed by atoms with Gasteiger partial charge in [-0.3, -0.25) is 10.1 Å². The minimum absolute atomic E-state index is 0.0543. The highest BCUT2D eigenvalue weighted by atomic mass is 35.5. The van der Waals surface area contributed by atoms with Crippen molar-refractivity contribution in [3.05, 3.63) is 32.8 Å². The van der Waals surface area contributed by atoms with Crippen LogP contribution in [-0.2, 0) is 0 Å². The van der Waals surface area contributed by atoms with Crippen LogP contribution in [0.25, 0.3) is 0 Å². The van der Waals surface area contributed by atoms with Crippen molar-refractivity contribution in [1.82, 2.24) is 5.32 Å².